The van der Waals surface area contributed by atoms with Gasteiger partial charge in [0, 0.05) is 96.2 Å². The van der Waals surface area contributed by atoms with E-state index in [4.69, 9.17) is 94.7 Å². The molecule has 0 saturated carbocycles. The number of aliphatic hydroxyl groups excluding tert-OH is 4. The molecule has 0 bridgehead atoms. The number of fused-ring (bicyclic) bond motifs is 6. The van der Waals surface area contributed by atoms with Crippen LogP contribution in [0.25, 0.3) is 0 Å². The Morgan fingerprint density at radius 1 is 0.250 bits per heavy atom. The first kappa shape index (κ1) is 112. The molecule has 0 aromatic heterocycles. The van der Waals surface area contributed by atoms with Gasteiger partial charge in [0.05, 0.1) is 149 Å². The lowest BCUT2D eigenvalue weighted by Gasteiger charge is -2.53. The molecule has 16 saturated heterocycles. The van der Waals surface area contributed by atoms with Gasteiger partial charge < -0.3 is 115 Å². The van der Waals surface area contributed by atoms with Crippen molar-refractivity contribution in [3.63, 3.8) is 0 Å². The molecule has 6 aromatic rings. The highest BCUT2D eigenvalue weighted by atomic mass is 31.1. The van der Waals surface area contributed by atoms with Crippen molar-refractivity contribution in [1.29, 1.82) is 0 Å². The molecule has 24 nitrogen and oxygen atoms in total. The van der Waals surface area contributed by atoms with Crippen molar-refractivity contribution >= 4 is 79.2 Å². The normalized spacial score (nSPS) is 45.8. The topological polar surface area (TPSA) is 266 Å². The van der Waals surface area contributed by atoms with Gasteiger partial charge in [0.15, 0.2) is 24.2 Å². The fourth-order valence-corrected chi connectivity index (χ4v) is 58.1. The van der Waals surface area contributed by atoms with E-state index in [0.717, 1.165) is 48.1 Å². The second kappa shape index (κ2) is 47.6. The summed E-state index contributed by atoms with van der Waals surface area (Å²) in [7, 11) is 3.86. The summed E-state index contributed by atoms with van der Waals surface area (Å²) in [4.78, 5) is 0. The highest BCUT2D eigenvalue weighted by Crippen LogP contribution is 2.71. The zero-order chi connectivity index (χ0) is 102. The number of benzene rings is 6. The molecule has 16 heterocycles. The third-order valence-corrected chi connectivity index (χ3v) is 60.4. The summed E-state index contributed by atoms with van der Waals surface area (Å²) >= 11 is 0. The Hall–Kier alpha value is -1.34. The Morgan fingerprint density at radius 3 is 0.764 bits per heavy atom. The van der Waals surface area contributed by atoms with Crippen LogP contribution in [0.4, 0.5) is 0 Å². The van der Waals surface area contributed by atoms with Crippen molar-refractivity contribution in [2.24, 2.45) is 0 Å². The van der Waals surface area contributed by atoms with Crippen LogP contribution in [0, 0.1) is 0 Å². The maximum Gasteiger partial charge on any atom is 0.220 e. The van der Waals surface area contributed by atoms with Crippen LogP contribution in [0.15, 0.2) is 182 Å². The molecule has 0 spiro atoms. The van der Waals surface area contributed by atoms with Crippen LogP contribution in [0.5, 0.6) is 0 Å². The van der Waals surface area contributed by atoms with E-state index in [0.29, 0.717) is 84.0 Å². The number of ether oxygens (including phenoxy) is 20. The molecule has 16 aliphatic heterocycles. The number of methoxy groups -OCH3 is 4. The SMILES string of the molecule is CO[C@@]1(C)O[C@@H]2[C@H]([C@H]3[C@H]4O[C@](C)(OC)[C@@](C)(OC)O[C@@H]4C[P@]3C)[P@](C)C[C@H]2O[C@]1(C)OC.C[P@@]1C[C@@H](O)[C@H](O)[C@@H]1[C@H]1[C@@H](O)[C@H](O)C[P@]1C.C[P@@]1C[C@@H](OCc2ccccc2)[C@H](OCc2ccccc2)[C@@H]1[C@H]1[C@@H](OCc2ccccc2)[C@H](OCc2ccccc2)C[P@]1C.C[P@@]1C[C@H]2OC(c3ccccc3)O[C@@H]2[C@@H]1[C@H]1[C@H]2OC(c3ccccc3)O[C@@H]2C[P@]1C.C[P@]1C[C@H]2OC(C)(C)O[C@@H]2[C@@H]1[C@H]1[C@H]2OC(C)(C)O[C@@H]2C[P@]1C. The van der Waals surface area contributed by atoms with Gasteiger partial charge in [-0.15, -0.1) is 79.2 Å². The minimum atomic E-state index is -1.00. The predicted molar refractivity (Wildman–Crippen MR) is 586 cm³/mol. The van der Waals surface area contributed by atoms with E-state index in [-0.39, 0.29) is 185 Å². The molecule has 16 aliphatic rings. The molecule has 144 heavy (non-hydrogen) atoms. The van der Waals surface area contributed by atoms with E-state index in [2.05, 4.69) is 237 Å². The van der Waals surface area contributed by atoms with Crippen molar-refractivity contribution in [3.05, 3.63) is 215 Å². The quantitative estimate of drug-likeness (QED) is 0.0434. The van der Waals surface area contributed by atoms with Gasteiger partial charge in [-0.05, 0) is 206 Å². The molecule has 22 rings (SSSR count). The Balaban J connectivity index is 0.000000123. The lowest BCUT2D eigenvalue weighted by Crippen LogP contribution is -2.68. The molecule has 4 N–H and O–H groups in total. The van der Waals surface area contributed by atoms with Crippen LogP contribution in [-0.2, 0) is 121 Å². The minimum Gasteiger partial charge on any atom is -0.390 e. The molecule has 0 amide bonds. The van der Waals surface area contributed by atoms with E-state index in [1.54, 1.807) is 28.4 Å². The largest absolute Gasteiger partial charge is 0.390 e. The standard InChI is InChI=1S/C38H44O4P2.C24H28O4P2.C22H40O8P2.C16H28O4P2.C10H20O4P2/c1-43-27-33(39-23-29-15-7-3-8-16-29)35(41-25-31-19-11-5-12-20-31)37(43)38-36(42-26-32-21-13-6-14-22-32)34(28-44(38)2)40-24-30-17-9-4-10-18-30;1-29-13-17-19(27-23(25-17)15-9-5-3-6-10-15)21(29)22-20-18(14-30(22)2)26-24(28-20)16-11-7-4-8-12-16;1-19(23-5)21(3,25-7)29-15-13(27-19)11-31(9)17(15)18-16-14(12-32(18)10)28-20(2,24-6)22(4,26-8)30-16;1-15(2)17-9-7-21(5)13(11(9)19-15)14-12-10(8-22(14)6)18-16(3,4)20-12;1-15-3-5(11)7(13)9(15)10-8(14)6(12)4-16(10)2/h3-22,33-38H,23-28H2,1-2H3;3-12,17-24H,13-14H2,1-2H3;13-18H,11-12H2,1-10H3;9-14H,7-8H2,1-6H3;5-14H,3-4H2,1-2H3/t33-,34-,35+,36+,37-,38-,43+,44+;17-,18-,19+,20+,21-,22-,23?,24?,29+,30+;13-,14-,15+,16+,17-,18-,19+,20+,21+,22+,31-,32+;9-,10-,11+,12+,13-,14-,21-,22+;5-,6-,7+,8+,9-,10-,15+,16+/m11111/s1. The number of aliphatic hydroxyl groups is 4. The average molecular weight is 2180 g/mol. The molecule has 794 valence electrons. The number of hydrogen-bond acceptors (Lipinski definition) is 24. The van der Waals surface area contributed by atoms with Crippen LogP contribution < -0.4 is 0 Å². The van der Waals surface area contributed by atoms with Crippen LogP contribution >= 0.6 is 79.2 Å². The average Bonchev–Trinajstić information content (AvgIpc) is 1.52. The van der Waals surface area contributed by atoms with Crippen molar-refractivity contribution < 1.29 is 115 Å². The van der Waals surface area contributed by atoms with Gasteiger partial charge in [-0.1, -0.05) is 182 Å². The molecule has 0 aliphatic carbocycles. The monoisotopic (exact) mass is 2170 g/mol. The summed E-state index contributed by atoms with van der Waals surface area (Å²) in [6, 6.07) is 62.8. The van der Waals surface area contributed by atoms with Crippen molar-refractivity contribution in [1.82, 2.24) is 0 Å². The Labute approximate surface area is 868 Å². The van der Waals surface area contributed by atoms with Crippen molar-refractivity contribution in [2.75, 3.05) is 157 Å². The van der Waals surface area contributed by atoms with Crippen molar-refractivity contribution in [2.45, 2.75) is 308 Å². The van der Waals surface area contributed by atoms with Gasteiger partial charge in [0.2, 0.25) is 23.1 Å². The maximum absolute atomic E-state index is 9.99. The second-order valence-corrected chi connectivity index (χ2v) is 68.8. The first-order valence-corrected chi connectivity index (χ1v) is 72.0. The third kappa shape index (κ3) is 23.6. The summed E-state index contributed by atoms with van der Waals surface area (Å²) in [6.45, 7) is 41.7. The predicted octanol–water partition coefficient (Wildman–Crippen LogP) is 18.7. The summed E-state index contributed by atoms with van der Waals surface area (Å²) in [5, 5.41) is 39.3. The highest BCUT2D eigenvalue weighted by Gasteiger charge is 2.70. The summed E-state index contributed by atoms with van der Waals surface area (Å²) < 4.78 is 128. The van der Waals surface area contributed by atoms with Crippen LogP contribution in [0.1, 0.15) is 101 Å². The minimum absolute atomic E-state index is 0.00624. The van der Waals surface area contributed by atoms with E-state index < -0.39 is 75.0 Å². The molecule has 16 fully saturated rings. The van der Waals surface area contributed by atoms with Crippen LogP contribution in [-0.4, -0.2) is 391 Å². The Kier molecular flexibility index (Phi) is 37.1. The lowest BCUT2D eigenvalue weighted by atomic mass is 9.96. The molecule has 46 atom stereocenters. The highest BCUT2D eigenvalue weighted by molar-refractivity contribution is 7.65. The molecule has 0 radical (unpaired) electrons. The maximum atomic E-state index is 9.99. The van der Waals surface area contributed by atoms with E-state index >= 15 is 0 Å². The van der Waals surface area contributed by atoms with Crippen molar-refractivity contribution in [3.8, 4) is 0 Å². The molecular formula is C110H160O24P10. The fraction of sp³-hybridized carbons (Fsp3) is 0.673. The summed E-state index contributed by atoms with van der Waals surface area (Å²) in [6.07, 6.45) is 8.57. The first-order valence-electron chi connectivity index (χ1n) is 51.6. The van der Waals surface area contributed by atoms with Gasteiger partial charge in [-0.3, -0.25) is 0 Å². The Morgan fingerprint density at radius 2 is 0.486 bits per heavy atom. The molecule has 6 aromatic carbocycles. The zero-order valence-corrected chi connectivity index (χ0v) is 97.1. The first-order chi connectivity index (χ1) is 68.8. The molecule has 2 unspecified atom stereocenters. The number of hydrogen-bond donors (Lipinski definition) is 4. The molecular weight excluding hydrogens is 2010 g/mol. The Bertz CT molecular complexity index is 4760. The van der Waals surface area contributed by atoms with Gasteiger partial charge in [-0.2, -0.15) is 0 Å². The summed E-state index contributed by atoms with van der Waals surface area (Å²) in [5.74, 6) is -4.80. The van der Waals surface area contributed by atoms with Gasteiger partial charge >= 0.3 is 0 Å². The summed E-state index contributed by atoms with van der Waals surface area (Å²) in [5.41, 5.74) is 10.7. The smallest absolute Gasteiger partial charge is 0.220 e. The van der Waals surface area contributed by atoms with E-state index in [1.165, 1.54) is 34.6 Å². The number of rotatable bonds is 23. The van der Waals surface area contributed by atoms with Gasteiger partial charge in [0.1, 0.15) is 0 Å². The van der Waals surface area contributed by atoms with Gasteiger partial charge in [0.25, 0.3) is 0 Å². The van der Waals surface area contributed by atoms with Gasteiger partial charge in [-0.25, -0.2) is 0 Å². The van der Waals surface area contributed by atoms with E-state index in [1.807, 2.05) is 67.5 Å². The van der Waals surface area contributed by atoms with Crippen LogP contribution in [0.2, 0.25) is 0 Å². The van der Waals surface area contributed by atoms with E-state index in [9.17, 15) is 20.4 Å². The van der Waals surface area contributed by atoms with Crippen LogP contribution in [0.3, 0.4) is 0 Å². The fourth-order valence-electron chi connectivity index (χ4n) is 25.9. The second-order valence-electron chi connectivity index (χ2n) is 44.0. The zero-order valence-electron chi connectivity index (χ0n) is 88.1. The third-order valence-electron chi connectivity index (χ3n) is 33.5. The molecule has 34 heteroatoms. The lowest BCUT2D eigenvalue weighted by molar-refractivity contribution is -0.448.